The summed E-state index contributed by atoms with van der Waals surface area (Å²) in [6.45, 7) is 2.81. The summed E-state index contributed by atoms with van der Waals surface area (Å²) in [6.07, 6.45) is 2.02. The average Bonchev–Trinajstić information content (AvgIpc) is 2.55. The summed E-state index contributed by atoms with van der Waals surface area (Å²) in [5.41, 5.74) is 0.00259. The van der Waals surface area contributed by atoms with Crippen molar-refractivity contribution in [1.29, 1.82) is 0 Å². The lowest BCUT2D eigenvalue weighted by atomic mass is 9.76. The topological polar surface area (TPSA) is 89.8 Å². The van der Waals surface area contributed by atoms with Gasteiger partial charge in [0.1, 0.15) is 6.04 Å². The van der Waals surface area contributed by atoms with Gasteiger partial charge in [-0.25, -0.2) is 0 Å². The van der Waals surface area contributed by atoms with Crippen molar-refractivity contribution >= 4 is 13.1 Å². The molecule has 5 nitrogen and oxygen atoms in total. The molecule has 2 rings (SSSR count). The lowest BCUT2D eigenvalue weighted by molar-refractivity contribution is -0.140. The predicted molar refractivity (Wildman–Crippen MR) is 58.7 cm³/mol. The van der Waals surface area contributed by atoms with Crippen molar-refractivity contribution in [3.8, 4) is 0 Å². The third kappa shape index (κ3) is 1.97. The standard InChI is InChI=1S/C10H18BNO4/c1-10-3-6(4-11(15)16)2-7(10)8(9(13)14)12-5-10/h6-8,12,15-16H,2-5H2,1H3,(H,13,14)/t6?,7-,8?,10+/m1/s1. The van der Waals surface area contributed by atoms with E-state index in [0.29, 0.717) is 12.9 Å². The fraction of sp³-hybridized carbons (Fsp3) is 0.900. The van der Waals surface area contributed by atoms with Crippen LogP contribution in [0.25, 0.3) is 0 Å². The molecule has 0 spiro atoms. The molecule has 0 bridgehead atoms. The lowest BCUT2D eigenvalue weighted by Gasteiger charge is -2.23. The number of hydrogen-bond donors (Lipinski definition) is 4. The van der Waals surface area contributed by atoms with E-state index in [2.05, 4.69) is 12.2 Å². The van der Waals surface area contributed by atoms with Crippen molar-refractivity contribution in [2.45, 2.75) is 32.1 Å². The van der Waals surface area contributed by atoms with Gasteiger partial charge in [0.15, 0.2) is 0 Å². The van der Waals surface area contributed by atoms with E-state index >= 15 is 0 Å². The molecule has 0 aromatic rings. The first kappa shape index (κ1) is 11.9. The second-order valence-corrected chi connectivity index (χ2v) is 5.48. The minimum atomic E-state index is -1.27. The first-order valence-electron chi connectivity index (χ1n) is 5.75. The first-order chi connectivity index (χ1) is 7.42. The van der Waals surface area contributed by atoms with Crippen LogP contribution in [0.15, 0.2) is 0 Å². The van der Waals surface area contributed by atoms with Gasteiger partial charge in [0.2, 0.25) is 0 Å². The maximum atomic E-state index is 11.1. The average molecular weight is 227 g/mol. The number of rotatable bonds is 3. The maximum absolute atomic E-state index is 11.1. The first-order valence-corrected chi connectivity index (χ1v) is 5.75. The van der Waals surface area contributed by atoms with Crippen LogP contribution in [0.4, 0.5) is 0 Å². The highest BCUT2D eigenvalue weighted by atomic mass is 16.4. The van der Waals surface area contributed by atoms with Crippen molar-refractivity contribution in [3.63, 3.8) is 0 Å². The molecule has 0 aromatic heterocycles. The van der Waals surface area contributed by atoms with Gasteiger partial charge in [-0.1, -0.05) is 6.92 Å². The molecular weight excluding hydrogens is 209 g/mol. The molecule has 1 aliphatic carbocycles. The summed E-state index contributed by atoms with van der Waals surface area (Å²) in [4.78, 5) is 11.1. The van der Waals surface area contributed by atoms with Crippen LogP contribution < -0.4 is 5.32 Å². The second-order valence-electron chi connectivity index (χ2n) is 5.48. The zero-order chi connectivity index (χ0) is 11.9. The lowest BCUT2D eigenvalue weighted by Crippen LogP contribution is -2.36. The summed E-state index contributed by atoms with van der Waals surface area (Å²) in [7, 11) is -1.27. The number of carboxylic acids is 1. The quantitative estimate of drug-likeness (QED) is 0.490. The molecule has 2 unspecified atom stereocenters. The van der Waals surface area contributed by atoms with Gasteiger partial charge in [-0.15, -0.1) is 0 Å². The zero-order valence-electron chi connectivity index (χ0n) is 9.39. The minimum absolute atomic E-state index is 0.00259. The van der Waals surface area contributed by atoms with E-state index in [4.69, 9.17) is 15.2 Å². The van der Waals surface area contributed by atoms with E-state index in [9.17, 15) is 4.79 Å². The van der Waals surface area contributed by atoms with Gasteiger partial charge in [-0.05, 0) is 36.4 Å². The van der Waals surface area contributed by atoms with Crippen molar-refractivity contribution < 1.29 is 19.9 Å². The normalized spacial score (nSPS) is 42.1. The Labute approximate surface area is 95.0 Å². The number of hydrogen-bond acceptors (Lipinski definition) is 4. The molecule has 4 atom stereocenters. The van der Waals surface area contributed by atoms with E-state index in [1.165, 1.54) is 0 Å². The van der Waals surface area contributed by atoms with Gasteiger partial charge in [-0.3, -0.25) is 4.79 Å². The summed E-state index contributed by atoms with van der Waals surface area (Å²) >= 11 is 0. The van der Waals surface area contributed by atoms with E-state index < -0.39 is 19.1 Å². The Morgan fingerprint density at radius 2 is 2.25 bits per heavy atom. The SMILES string of the molecule is C[C@]12CNC(C(=O)O)[C@H]1CC(CB(O)O)C2. The Morgan fingerprint density at radius 3 is 2.81 bits per heavy atom. The van der Waals surface area contributed by atoms with Crippen molar-refractivity contribution in [2.75, 3.05) is 6.54 Å². The number of nitrogens with one attached hydrogen (secondary N) is 1. The predicted octanol–water partition coefficient (Wildman–Crippen LogP) is -0.452. The number of fused-ring (bicyclic) bond motifs is 1. The molecular formula is C10H18BNO4. The third-order valence-electron chi connectivity index (χ3n) is 4.18. The van der Waals surface area contributed by atoms with Gasteiger partial charge in [0, 0.05) is 6.54 Å². The van der Waals surface area contributed by atoms with Gasteiger partial charge >= 0.3 is 13.1 Å². The molecule has 2 aliphatic rings. The fourth-order valence-electron chi connectivity index (χ4n) is 3.50. The summed E-state index contributed by atoms with van der Waals surface area (Å²) in [5.74, 6) is -0.438. The Kier molecular flexibility index (Phi) is 2.98. The van der Waals surface area contributed by atoms with Gasteiger partial charge in [0.05, 0.1) is 0 Å². The monoisotopic (exact) mass is 227 g/mol. The Morgan fingerprint density at radius 1 is 1.56 bits per heavy atom. The summed E-state index contributed by atoms with van der Waals surface area (Å²) < 4.78 is 0. The second kappa shape index (κ2) is 4.02. The molecule has 90 valence electrons. The summed E-state index contributed by atoms with van der Waals surface area (Å²) in [5, 5.41) is 30.0. The van der Waals surface area contributed by atoms with Crippen LogP contribution in [-0.2, 0) is 4.79 Å². The van der Waals surface area contributed by atoms with Gasteiger partial charge < -0.3 is 20.5 Å². The Balaban J connectivity index is 2.05. The summed E-state index contributed by atoms with van der Waals surface area (Å²) in [6, 6.07) is -0.467. The van der Waals surface area contributed by atoms with Crippen LogP contribution in [0, 0.1) is 17.3 Å². The minimum Gasteiger partial charge on any atom is -0.480 e. The van der Waals surface area contributed by atoms with Crippen LogP contribution >= 0.6 is 0 Å². The Bertz CT molecular complexity index is 299. The molecule has 4 N–H and O–H groups in total. The van der Waals surface area contributed by atoms with E-state index in [-0.39, 0.29) is 17.3 Å². The molecule has 2 fully saturated rings. The highest BCUT2D eigenvalue weighted by molar-refractivity contribution is 6.41. The molecule has 6 heteroatoms. The Hall–Kier alpha value is -0.585. The molecule has 0 aromatic carbocycles. The number of carboxylic acid groups (broad SMARTS) is 1. The molecule has 0 amide bonds. The van der Waals surface area contributed by atoms with Crippen LogP contribution in [-0.4, -0.2) is 40.8 Å². The molecule has 16 heavy (non-hydrogen) atoms. The van der Waals surface area contributed by atoms with Crippen LogP contribution in [0.1, 0.15) is 19.8 Å². The largest absolute Gasteiger partial charge is 0.480 e. The van der Waals surface area contributed by atoms with E-state index in [1.54, 1.807) is 0 Å². The van der Waals surface area contributed by atoms with E-state index in [1.807, 2.05) is 0 Å². The molecule has 0 radical (unpaired) electrons. The molecule has 1 saturated heterocycles. The van der Waals surface area contributed by atoms with Gasteiger partial charge in [0.25, 0.3) is 0 Å². The molecule has 1 heterocycles. The van der Waals surface area contributed by atoms with Crippen LogP contribution in [0.5, 0.6) is 0 Å². The van der Waals surface area contributed by atoms with Crippen LogP contribution in [0.3, 0.4) is 0 Å². The van der Waals surface area contributed by atoms with Gasteiger partial charge in [-0.2, -0.15) is 0 Å². The highest BCUT2D eigenvalue weighted by Gasteiger charge is 2.53. The fourth-order valence-corrected chi connectivity index (χ4v) is 3.50. The van der Waals surface area contributed by atoms with Crippen molar-refractivity contribution in [2.24, 2.45) is 17.3 Å². The maximum Gasteiger partial charge on any atom is 0.451 e. The number of aliphatic carboxylic acids is 1. The third-order valence-corrected chi connectivity index (χ3v) is 4.18. The molecule has 1 aliphatic heterocycles. The van der Waals surface area contributed by atoms with E-state index in [0.717, 1.165) is 12.8 Å². The highest BCUT2D eigenvalue weighted by Crippen LogP contribution is 2.51. The number of carbonyl (C=O) groups is 1. The van der Waals surface area contributed by atoms with Crippen molar-refractivity contribution in [1.82, 2.24) is 5.32 Å². The van der Waals surface area contributed by atoms with Crippen molar-refractivity contribution in [3.05, 3.63) is 0 Å². The van der Waals surface area contributed by atoms with Crippen LogP contribution in [0.2, 0.25) is 6.32 Å². The molecule has 1 saturated carbocycles. The zero-order valence-corrected chi connectivity index (χ0v) is 9.39. The smallest absolute Gasteiger partial charge is 0.451 e.